The van der Waals surface area contributed by atoms with Crippen LogP contribution in [-0.2, 0) is 17.5 Å². The third-order valence-electron chi connectivity index (χ3n) is 3.87. The SMILES string of the molecule is O=C(NC1CC1)C1CCCN(Cc2nnc(C(F)(F)F)o2)C1. The van der Waals surface area contributed by atoms with E-state index in [4.69, 9.17) is 0 Å². The van der Waals surface area contributed by atoms with Crippen molar-refractivity contribution in [3.05, 3.63) is 11.8 Å². The second kappa shape index (κ2) is 5.86. The van der Waals surface area contributed by atoms with Crippen LogP contribution in [0.4, 0.5) is 13.2 Å². The number of hydrogen-bond acceptors (Lipinski definition) is 5. The maximum absolute atomic E-state index is 12.4. The number of amides is 1. The summed E-state index contributed by atoms with van der Waals surface area (Å²) in [5.41, 5.74) is 0. The molecule has 22 heavy (non-hydrogen) atoms. The van der Waals surface area contributed by atoms with Gasteiger partial charge in [0.05, 0.1) is 12.5 Å². The van der Waals surface area contributed by atoms with E-state index >= 15 is 0 Å². The fourth-order valence-corrected chi connectivity index (χ4v) is 2.58. The van der Waals surface area contributed by atoms with Gasteiger partial charge < -0.3 is 9.73 Å². The number of hydrogen-bond donors (Lipinski definition) is 1. The quantitative estimate of drug-likeness (QED) is 0.912. The Morgan fingerprint density at radius 3 is 2.73 bits per heavy atom. The number of piperidine rings is 1. The first-order valence-electron chi connectivity index (χ1n) is 7.34. The molecule has 0 radical (unpaired) electrons. The lowest BCUT2D eigenvalue weighted by Gasteiger charge is -2.30. The van der Waals surface area contributed by atoms with E-state index in [2.05, 4.69) is 19.9 Å². The molecule has 1 atom stereocenters. The molecule has 3 rings (SSSR count). The highest BCUT2D eigenvalue weighted by Crippen LogP contribution is 2.28. The molecule has 9 heteroatoms. The third-order valence-corrected chi connectivity index (χ3v) is 3.87. The van der Waals surface area contributed by atoms with Crippen molar-refractivity contribution in [3.8, 4) is 0 Å². The number of nitrogens with zero attached hydrogens (tertiary/aromatic N) is 3. The lowest BCUT2D eigenvalue weighted by atomic mass is 9.97. The zero-order valence-electron chi connectivity index (χ0n) is 11.9. The highest BCUT2D eigenvalue weighted by Gasteiger charge is 2.38. The van der Waals surface area contributed by atoms with Crippen LogP contribution in [0.15, 0.2) is 4.42 Å². The second-order valence-electron chi connectivity index (χ2n) is 5.86. The summed E-state index contributed by atoms with van der Waals surface area (Å²) in [7, 11) is 0. The maximum Gasteiger partial charge on any atom is 0.470 e. The maximum atomic E-state index is 12.4. The van der Waals surface area contributed by atoms with Crippen molar-refractivity contribution < 1.29 is 22.4 Å². The van der Waals surface area contributed by atoms with Gasteiger partial charge in [0.15, 0.2) is 0 Å². The minimum absolute atomic E-state index is 0.0358. The third kappa shape index (κ3) is 3.76. The van der Waals surface area contributed by atoms with Crippen LogP contribution in [0.2, 0.25) is 0 Å². The van der Waals surface area contributed by atoms with Crippen LogP contribution in [0.3, 0.4) is 0 Å². The predicted molar refractivity (Wildman–Crippen MR) is 68.5 cm³/mol. The van der Waals surface area contributed by atoms with Gasteiger partial charge in [0.1, 0.15) is 0 Å². The Hall–Kier alpha value is -1.64. The molecular formula is C13H17F3N4O2. The summed E-state index contributed by atoms with van der Waals surface area (Å²) in [5, 5.41) is 9.40. The molecule has 0 aromatic carbocycles. The molecule has 2 fully saturated rings. The summed E-state index contributed by atoms with van der Waals surface area (Å²) in [6.45, 7) is 1.34. The minimum Gasteiger partial charge on any atom is -0.416 e. The standard InChI is InChI=1S/C13H17F3N4O2/c14-13(15,16)12-19-18-10(22-12)7-20-5-1-2-8(6-20)11(21)17-9-3-4-9/h8-9H,1-7H2,(H,17,21). The Kier molecular flexibility index (Phi) is 4.07. The summed E-state index contributed by atoms with van der Waals surface area (Å²) < 4.78 is 41.9. The van der Waals surface area contributed by atoms with Crippen molar-refractivity contribution >= 4 is 5.91 Å². The topological polar surface area (TPSA) is 71.3 Å². The normalized spacial score (nSPS) is 23.5. The molecule has 1 aliphatic carbocycles. The van der Waals surface area contributed by atoms with E-state index in [0.717, 1.165) is 25.7 Å². The van der Waals surface area contributed by atoms with Crippen molar-refractivity contribution in [2.24, 2.45) is 5.92 Å². The van der Waals surface area contributed by atoms with Gasteiger partial charge in [-0.05, 0) is 32.2 Å². The van der Waals surface area contributed by atoms with E-state index < -0.39 is 12.1 Å². The van der Waals surface area contributed by atoms with Crippen LogP contribution in [0.5, 0.6) is 0 Å². The molecule has 122 valence electrons. The van der Waals surface area contributed by atoms with Crippen molar-refractivity contribution in [3.63, 3.8) is 0 Å². The van der Waals surface area contributed by atoms with E-state index in [-0.39, 0.29) is 24.3 Å². The smallest absolute Gasteiger partial charge is 0.416 e. The number of carbonyl (C=O) groups is 1. The number of likely N-dealkylation sites (tertiary alicyclic amines) is 1. The van der Waals surface area contributed by atoms with Gasteiger partial charge in [0.25, 0.3) is 0 Å². The van der Waals surface area contributed by atoms with Gasteiger partial charge in [-0.1, -0.05) is 0 Å². The average Bonchev–Trinajstić information content (AvgIpc) is 3.13. The van der Waals surface area contributed by atoms with Crippen molar-refractivity contribution in [1.82, 2.24) is 20.4 Å². The molecule has 2 heterocycles. The molecule has 1 aromatic heterocycles. The second-order valence-corrected chi connectivity index (χ2v) is 5.86. The lowest BCUT2D eigenvalue weighted by Crippen LogP contribution is -2.43. The number of nitrogens with one attached hydrogen (secondary N) is 1. The summed E-state index contributed by atoms with van der Waals surface area (Å²) in [4.78, 5) is 13.9. The van der Waals surface area contributed by atoms with Gasteiger partial charge in [-0.3, -0.25) is 9.69 Å². The number of aromatic nitrogens is 2. The Morgan fingerprint density at radius 2 is 2.09 bits per heavy atom. The zero-order chi connectivity index (χ0) is 15.7. The Labute approximate surface area is 125 Å². The highest BCUT2D eigenvalue weighted by atomic mass is 19.4. The van der Waals surface area contributed by atoms with E-state index in [0.29, 0.717) is 19.1 Å². The molecule has 1 unspecified atom stereocenters. The van der Waals surface area contributed by atoms with E-state index in [1.54, 1.807) is 0 Å². The first-order chi connectivity index (χ1) is 10.4. The zero-order valence-corrected chi connectivity index (χ0v) is 11.9. The van der Waals surface area contributed by atoms with E-state index in [9.17, 15) is 18.0 Å². The summed E-state index contributed by atoms with van der Waals surface area (Å²) in [5.74, 6) is -1.49. The Balaban J connectivity index is 1.55. The molecule has 1 saturated carbocycles. The van der Waals surface area contributed by atoms with Crippen LogP contribution in [0.1, 0.15) is 37.5 Å². The number of carbonyl (C=O) groups excluding carboxylic acids is 1. The number of alkyl halides is 3. The van der Waals surface area contributed by atoms with Gasteiger partial charge in [-0.25, -0.2) is 0 Å². The van der Waals surface area contributed by atoms with Crippen molar-refractivity contribution in [2.75, 3.05) is 13.1 Å². The molecule has 1 N–H and O–H groups in total. The van der Waals surface area contributed by atoms with Crippen molar-refractivity contribution in [2.45, 2.75) is 44.4 Å². The molecule has 1 aromatic rings. The molecule has 1 saturated heterocycles. The monoisotopic (exact) mass is 318 g/mol. The van der Waals surface area contributed by atoms with Crippen LogP contribution in [0, 0.1) is 5.92 Å². The number of halogens is 3. The van der Waals surface area contributed by atoms with Crippen LogP contribution in [-0.4, -0.2) is 40.1 Å². The number of rotatable bonds is 4. The highest BCUT2D eigenvalue weighted by molar-refractivity contribution is 5.79. The molecular weight excluding hydrogens is 301 g/mol. The first-order valence-corrected chi connectivity index (χ1v) is 7.34. The van der Waals surface area contributed by atoms with Crippen molar-refractivity contribution in [1.29, 1.82) is 0 Å². The Bertz CT molecular complexity index is 542. The fourth-order valence-electron chi connectivity index (χ4n) is 2.58. The first kappa shape index (κ1) is 15.3. The van der Waals surface area contributed by atoms with Gasteiger partial charge in [-0.2, -0.15) is 13.2 Å². The molecule has 1 amide bonds. The van der Waals surface area contributed by atoms with Crippen LogP contribution < -0.4 is 5.32 Å². The fraction of sp³-hybridized carbons (Fsp3) is 0.769. The minimum atomic E-state index is -4.63. The van der Waals surface area contributed by atoms with E-state index in [1.165, 1.54) is 0 Å². The lowest BCUT2D eigenvalue weighted by molar-refractivity contribution is -0.157. The molecule has 1 aliphatic heterocycles. The molecule has 0 spiro atoms. The summed E-state index contributed by atoms with van der Waals surface area (Å²) in [6.07, 6.45) is -0.940. The van der Waals surface area contributed by atoms with E-state index in [1.807, 2.05) is 4.90 Å². The molecule has 2 aliphatic rings. The van der Waals surface area contributed by atoms with Crippen LogP contribution in [0.25, 0.3) is 0 Å². The van der Waals surface area contributed by atoms with Gasteiger partial charge in [-0.15, -0.1) is 10.2 Å². The summed E-state index contributed by atoms with van der Waals surface area (Å²) >= 11 is 0. The Morgan fingerprint density at radius 1 is 1.32 bits per heavy atom. The average molecular weight is 318 g/mol. The largest absolute Gasteiger partial charge is 0.470 e. The van der Waals surface area contributed by atoms with Crippen LogP contribution >= 0.6 is 0 Å². The van der Waals surface area contributed by atoms with Gasteiger partial charge in [0.2, 0.25) is 11.8 Å². The predicted octanol–water partition coefficient (Wildman–Crippen LogP) is 1.58. The summed E-state index contributed by atoms with van der Waals surface area (Å²) in [6, 6.07) is 0.313. The van der Waals surface area contributed by atoms with Gasteiger partial charge >= 0.3 is 12.1 Å². The van der Waals surface area contributed by atoms with Gasteiger partial charge in [0, 0.05) is 12.6 Å². The molecule has 0 bridgehead atoms. The molecule has 6 nitrogen and oxygen atoms in total.